The molecule has 0 saturated carbocycles. The Bertz CT molecular complexity index is 1090. The molecular formula is C21H21ClN2O4S. The van der Waals surface area contributed by atoms with Crippen LogP contribution in [0.1, 0.15) is 30.8 Å². The molecule has 0 aliphatic carbocycles. The van der Waals surface area contributed by atoms with Gasteiger partial charge in [0.15, 0.2) is 21.5 Å². The van der Waals surface area contributed by atoms with Gasteiger partial charge in [-0.25, -0.2) is 13.4 Å². The maximum Gasteiger partial charge on any atom is 0.220 e. The van der Waals surface area contributed by atoms with Crippen molar-refractivity contribution < 1.29 is 17.6 Å². The fourth-order valence-electron chi connectivity index (χ4n) is 2.79. The van der Waals surface area contributed by atoms with Crippen molar-refractivity contribution in [3.8, 4) is 11.3 Å². The lowest BCUT2D eigenvalue weighted by atomic mass is 10.1. The molecule has 3 aromatic rings. The summed E-state index contributed by atoms with van der Waals surface area (Å²) in [5.41, 5.74) is 1.69. The van der Waals surface area contributed by atoms with Gasteiger partial charge in [0, 0.05) is 29.7 Å². The number of sulfone groups is 1. The maximum atomic E-state index is 12.2. The molecule has 6 nitrogen and oxygen atoms in total. The zero-order chi connectivity index (χ0) is 21.0. The van der Waals surface area contributed by atoms with Gasteiger partial charge in [0.25, 0.3) is 0 Å². The summed E-state index contributed by atoms with van der Waals surface area (Å²) in [4.78, 5) is 16.7. The number of hydrogen-bond donors (Lipinski definition) is 1. The lowest BCUT2D eigenvalue weighted by Gasteiger charge is -2.14. The van der Waals surface area contributed by atoms with Crippen LogP contribution in [0.25, 0.3) is 11.3 Å². The van der Waals surface area contributed by atoms with Gasteiger partial charge in [-0.2, -0.15) is 0 Å². The second-order valence-corrected chi connectivity index (χ2v) is 9.21. The van der Waals surface area contributed by atoms with Crippen LogP contribution in [0.3, 0.4) is 0 Å². The molecule has 0 unspecified atom stereocenters. The Balaban J connectivity index is 1.54. The lowest BCUT2D eigenvalue weighted by Crippen LogP contribution is -2.26. The highest BCUT2D eigenvalue weighted by Crippen LogP contribution is 2.23. The van der Waals surface area contributed by atoms with Crippen LogP contribution < -0.4 is 5.32 Å². The molecule has 1 amide bonds. The average molecular weight is 433 g/mol. The first-order valence-corrected chi connectivity index (χ1v) is 11.3. The van der Waals surface area contributed by atoms with Crippen LogP contribution in [0.4, 0.5) is 0 Å². The molecule has 0 aliphatic rings. The normalized spacial score (nSPS) is 12.5. The van der Waals surface area contributed by atoms with Gasteiger partial charge in [-0.15, -0.1) is 0 Å². The first kappa shape index (κ1) is 21.1. The third-order valence-electron chi connectivity index (χ3n) is 4.43. The Morgan fingerprint density at radius 1 is 1.14 bits per heavy atom. The third-order valence-corrected chi connectivity index (χ3v) is 5.81. The number of amides is 1. The molecule has 1 aromatic heterocycles. The molecule has 2 aromatic carbocycles. The summed E-state index contributed by atoms with van der Waals surface area (Å²) >= 11 is 5.88. The zero-order valence-corrected chi connectivity index (χ0v) is 17.6. The average Bonchev–Trinajstić information content (AvgIpc) is 3.15. The van der Waals surface area contributed by atoms with E-state index in [4.69, 9.17) is 16.0 Å². The summed E-state index contributed by atoms with van der Waals surface area (Å²) < 4.78 is 28.8. The van der Waals surface area contributed by atoms with Crippen molar-refractivity contribution in [3.05, 3.63) is 71.2 Å². The molecule has 29 heavy (non-hydrogen) atoms. The fraction of sp³-hybridized carbons (Fsp3) is 0.238. The van der Waals surface area contributed by atoms with E-state index in [0.717, 1.165) is 17.4 Å². The summed E-state index contributed by atoms with van der Waals surface area (Å²) in [5.74, 6) is 0.961. The van der Waals surface area contributed by atoms with E-state index < -0.39 is 9.84 Å². The van der Waals surface area contributed by atoms with Gasteiger partial charge >= 0.3 is 0 Å². The van der Waals surface area contributed by atoms with Gasteiger partial charge in [0.1, 0.15) is 0 Å². The van der Waals surface area contributed by atoms with Crippen LogP contribution in [0, 0.1) is 0 Å². The van der Waals surface area contributed by atoms with E-state index in [2.05, 4.69) is 10.3 Å². The van der Waals surface area contributed by atoms with Crippen molar-refractivity contribution in [1.29, 1.82) is 0 Å². The van der Waals surface area contributed by atoms with Crippen molar-refractivity contribution in [2.45, 2.75) is 30.7 Å². The number of carbonyl (C=O) groups is 1. The Kier molecular flexibility index (Phi) is 6.39. The van der Waals surface area contributed by atoms with E-state index in [1.807, 2.05) is 19.1 Å². The predicted molar refractivity (Wildman–Crippen MR) is 111 cm³/mol. The summed E-state index contributed by atoms with van der Waals surface area (Å²) in [6.07, 6.45) is 3.39. The molecule has 3 rings (SSSR count). The molecule has 1 N–H and O–H groups in total. The number of aryl methyl sites for hydroxylation is 1. The number of rotatable bonds is 7. The number of nitrogens with one attached hydrogen (secondary N) is 1. The molecular weight excluding hydrogens is 412 g/mol. The lowest BCUT2D eigenvalue weighted by molar-refractivity contribution is -0.121. The molecule has 0 bridgehead atoms. The number of halogens is 1. The van der Waals surface area contributed by atoms with Gasteiger partial charge in [-0.3, -0.25) is 4.79 Å². The van der Waals surface area contributed by atoms with E-state index in [-0.39, 0.29) is 23.3 Å². The molecule has 0 saturated heterocycles. The number of carbonyl (C=O) groups excluding carboxylic acids is 1. The van der Waals surface area contributed by atoms with Crippen molar-refractivity contribution in [2.75, 3.05) is 6.26 Å². The Morgan fingerprint density at radius 3 is 2.41 bits per heavy atom. The molecule has 0 aliphatic heterocycles. The first-order valence-electron chi connectivity index (χ1n) is 9.02. The quantitative estimate of drug-likeness (QED) is 0.604. The van der Waals surface area contributed by atoms with Gasteiger partial charge in [-0.1, -0.05) is 23.7 Å². The van der Waals surface area contributed by atoms with Crippen LogP contribution in [0.2, 0.25) is 5.02 Å². The molecule has 1 atom stereocenters. The van der Waals surface area contributed by atoms with Crippen LogP contribution in [0.15, 0.2) is 64.0 Å². The summed E-state index contributed by atoms with van der Waals surface area (Å²) in [6, 6.07) is 13.5. The number of hydrogen-bond acceptors (Lipinski definition) is 5. The minimum absolute atomic E-state index is 0.143. The molecule has 8 heteroatoms. The second-order valence-electron chi connectivity index (χ2n) is 6.76. The fourth-order valence-corrected chi connectivity index (χ4v) is 3.55. The number of oxazole rings is 1. The zero-order valence-electron chi connectivity index (χ0n) is 16.1. The largest absolute Gasteiger partial charge is 0.441 e. The molecule has 0 fully saturated rings. The minimum Gasteiger partial charge on any atom is -0.441 e. The topological polar surface area (TPSA) is 89.3 Å². The highest BCUT2D eigenvalue weighted by molar-refractivity contribution is 7.90. The highest BCUT2D eigenvalue weighted by atomic mass is 35.5. The standard InChI is InChI=1S/C21H21ClN2O4S/c1-14(15-5-9-18(10-6-15)29(2,26)27)24-20(25)11-12-21-23-13-19(28-21)16-3-7-17(22)8-4-16/h3-10,13-14H,11-12H2,1-2H3,(H,24,25)/t14-/m0/s1. The Hall–Kier alpha value is -2.64. The smallest absolute Gasteiger partial charge is 0.220 e. The van der Waals surface area contributed by atoms with Gasteiger partial charge < -0.3 is 9.73 Å². The van der Waals surface area contributed by atoms with Crippen LogP contribution in [-0.2, 0) is 21.1 Å². The second kappa shape index (κ2) is 8.80. The Morgan fingerprint density at radius 2 is 1.79 bits per heavy atom. The van der Waals surface area contributed by atoms with E-state index in [1.54, 1.807) is 42.6 Å². The van der Waals surface area contributed by atoms with Crippen LogP contribution in [-0.4, -0.2) is 25.6 Å². The molecule has 1 heterocycles. The Labute approximate surface area is 174 Å². The van der Waals surface area contributed by atoms with Crippen LogP contribution >= 0.6 is 11.6 Å². The summed E-state index contributed by atoms with van der Waals surface area (Å²) in [6.45, 7) is 1.84. The van der Waals surface area contributed by atoms with Crippen molar-refractivity contribution >= 4 is 27.3 Å². The molecule has 0 radical (unpaired) electrons. The maximum absolute atomic E-state index is 12.2. The molecule has 0 spiro atoms. The predicted octanol–water partition coefficient (Wildman–Crippen LogP) is 4.21. The van der Waals surface area contributed by atoms with Crippen molar-refractivity contribution in [1.82, 2.24) is 10.3 Å². The summed E-state index contributed by atoms with van der Waals surface area (Å²) in [5, 5.41) is 3.54. The number of aromatic nitrogens is 1. The van der Waals surface area contributed by atoms with E-state index in [1.165, 1.54) is 0 Å². The van der Waals surface area contributed by atoms with Crippen molar-refractivity contribution in [2.24, 2.45) is 0 Å². The van der Waals surface area contributed by atoms with E-state index in [0.29, 0.717) is 23.1 Å². The highest BCUT2D eigenvalue weighted by Gasteiger charge is 2.13. The van der Waals surface area contributed by atoms with Crippen molar-refractivity contribution in [3.63, 3.8) is 0 Å². The van der Waals surface area contributed by atoms with Crippen LogP contribution in [0.5, 0.6) is 0 Å². The monoisotopic (exact) mass is 432 g/mol. The SMILES string of the molecule is C[C@H](NC(=O)CCc1ncc(-c2ccc(Cl)cc2)o1)c1ccc(S(C)(=O)=O)cc1. The number of benzene rings is 2. The third kappa shape index (κ3) is 5.68. The van der Waals surface area contributed by atoms with Gasteiger partial charge in [0.05, 0.1) is 17.1 Å². The molecule has 152 valence electrons. The van der Waals surface area contributed by atoms with E-state index in [9.17, 15) is 13.2 Å². The minimum atomic E-state index is -3.24. The van der Waals surface area contributed by atoms with Gasteiger partial charge in [0.2, 0.25) is 5.91 Å². The van der Waals surface area contributed by atoms with E-state index >= 15 is 0 Å². The number of nitrogens with zero attached hydrogens (tertiary/aromatic N) is 1. The first-order chi connectivity index (χ1) is 13.7. The van der Waals surface area contributed by atoms with Gasteiger partial charge in [-0.05, 0) is 48.9 Å². The summed E-state index contributed by atoms with van der Waals surface area (Å²) in [7, 11) is -3.24.